The molecule has 1 fully saturated rings. The van der Waals surface area contributed by atoms with Gasteiger partial charge in [0.25, 0.3) is 0 Å². The van der Waals surface area contributed by atoms with Crippen molar-refractivity contribution < 1.29 is 38.1 Å². The molecule has 0 aromatic carbocycles. The molecule has 0 saturated carbocycles. The monoisotopic (exact) mass is 302 g/mol. The number of halogens is 1. The molecular weight excluding hydrogens is 282 g/mol. The maximum atomic E-state index is 14.0. The van der Waals surface area contributed by atoms with Gasteiger partial charge >= 0.3 is 7.60 Å². The second kappa shape index (κ2) is 7.08. The number of hydrogen-bond donors (Lipinski definition) is 3. The van der Waals surface area contributed by atoms with E-state index in [1.807, 2.05) is 0 Å². The molecule has 1 saturated heterocycles. The van der Waals surface area contributed by atoms with Gasteiger partial charge in [-0.2, -0.15) is 0 Å². The second-order valence-corrected chi connectivity index (χ2v) is 6.15. The van der Waals surface area contributed by atoms with E-state index in [4.69, 9.17) is 18.9 Å². The molecule has 1 aliphatic rings. The minimum Gasteiger partial charge on any atom is -0.394 e. The van der Waals surface area contributed by atoms with Crippen LogP contribution >= 0.6 is 7.60 Å². The molecule has 3 N–H and O–H groups in total. The molecule has 0 aromatic heterocycles. The van der Waals surface area contributed by atoms with Gasteiger partial charge in [-0.1, -0.05) is 0 Å². The maximum absolute atomic E-state index is 14.0. The highest BCUT2D eigenvalue weighted by molar-refractivity contribution is 7.54. The lowest BCUT2D eigenvalue weighted by Crippen LogP contribution is -2.56. The summed E-state index contributed by atoms with van der Waals surface area (Å²) in [5.74, 6) is -1.68. The van der Waals surface area contributed by atoms with Crippen molar-refractivity contribution in [2.45, 2.75) is 44.2 Å². The van der Waals surface area contributed by atoms with Gasteiger partial charge in [-0.3, -0.25) is 4.57 Å². The summed E-state index contributed by atoms with van der Waals surface area (Å²) in [4.78, 5) is 0. The summed E-state index contributed by atoms with van der Waals surface area (Å²) < 4.78 is 41.4. The van der Waals surface area contributed by atoms with Gasteiger partial charge in [-0.25, -0.2) is 4.39 Å². The Labute approximate surface area is 110 Å². The largest absolute Gasteiger partial charge is 0.394 e. The minimum atomic E-state index is -3.94. The molecule has 1 aliphatic heterocycles. The molecule has 5 atom stereocenters. The van der Waals surface area contributed by atoms with Crippen molar-refractivity contribution in [2.24, 2.45) is 0 Å². The van der Waals surface area contributed by atoms with Crippen LogP contribution in [0.2, 0.25) is 0 Å². The summed E-state index contributed by atoms with van der Waals surface area (Å²) in [5.41, 5.74) is 0. The van der Waals surface area contributed by atoms with Crippen LogP contribution in [0.5, 0.6) is 0 Å². The number of ether oxygens (including phenoxy) is 1. The highest BCUT2D eigenvalue weighted by Gasteiger charge is 2.53. The van der Waals surface area contributed by atoms with E-state index in [0.29, 0.717) is 0 Å². The molecule has 0 aromatic rings. The Hall–Kier alpha value is -0.0800. The van der Waals surface area contributed by atoms with Crippen molar-refractivity contribution in [3.8, 4) is 0 Å². The van der Waals surface area contributed by atoms with Gasteiger partial charge < -0.3 is 29.1 Å². The number of rotatable bonds is 6. The zero-order chi connectivity index (χ0) is 14.6. The Morgan fingerprint density at radius 1 is 1.21 bits per heavy atom. The smallest absolute Gasteiger partial charge is 0.362 e. The Balaban J connectivity index is 2.98. The van der Waals surface area contributed by atoms with Crippen molar-refractivity contribution >= 4 is 7.60 Å². The third kappa shape index (κ3) is 3.52. The molecule has 0 unspecified atom stereocenters. The molecule has 0 amide bonds. The second-order valence-electron chi connectivity index (χ2n) is 4.05. The Bertz CT molecular complexity index is 317. The average Bonchev–Trinajstić information content (AvgIpc) is 2.37. The fourth-order valence-electron chi connectivity index (χ4n) is 1.86. The van der Waals surface area contributed by atoms with Crippen LogP contribution in [0.25, 0.3) is 0 Å². The van der Waals surface area contributed by atoms with E-state index in [-0.39, 0.29) is 13.2 Å². The third-order valence-corrected chi connectivity index (χ3v) is 5.02. The van der Waals surface area contributed by atoms with Crippen LogP contribution in [0.4, 0.5) is 4.39 Å². The summed E-state index contributed by atoms with van der Waals surface area (Å²) in [6.45, 7) is 2.46. The topological polar surface area (TPSA) is 105 Å². The first kappa shape index (κ1) is 17.0. The van der Waals surface area contributed by atoms with E-state index < -0.39 is 44.5 Å². The van der Waals surface area contributed by atoms with Crippen LogP contribution in [0.1, 0.15) is 13.8 Å². The van der Waals surface area contributed by atoms with E-state index in [9.17, 15) is 19.2 Å². The van der Waals surface area contributed by atoms with Crippen LogP contribution in [0.3, 0.4) is 0 Å². The summed E-state index contributed by atoms with van der Waals surface area (Å²) in [6.07, 6.45) is -6.82. The van der Waals surface area contributed by atoms with Crippen molar-refractivity contribution in [1.29, 1.82) is 0 Å². The lowest BCUT2D eigenvalue weighted by atomic mass is 10.0. The predicted molar refractivity (Wildman–Crippen MR) is 63.5 cm³/mol. The number of hydrogen-bond acceptors (Lipinski definition) is 7. The van der Waals surface area contributed by atoms with Gasteiger partial charge in [-0.15, -0.1) is 0 Å². The first-order valence-corrected chi connectivity index (χ1v) is 7.67. The summed E-state index contributed by atoms with van der Waals surface area (Å²) >= 11 is 0. The number of aliphatic hydroxyl groups is 3. The highest BCUT2D eigenvalue weighted by atomic mass is 31.2. The van der Waals surface area contributed by atoms with E-state index in [1.165, 1.54) is 0 Å². The highest BCUT2D eigenvalue weighted by Crippen LogP contribution is 2.57. The molecule has 0 bridgehead atoms. The summed E-state index contributed by atoms with van der Waals surface area (Å²) in [5, 5.41) is 28.1. The van der Waals surface area contributed by atoms with Gasteiger partial charge in [0, 0.05) is 0 Å². The van der Waals surface area contributed by atoms with Gasteiger partial charge in [0.05, 0.1) is 19.8 Å². The molecule has 1 rings (SSSR count). The van der Waals surface area contributed by atoms with Crippen molar-refractivity contribution in [3.63, 3.8) is 0 Å². The van der Waals surface area contributed by atoms with Crippen LogP contribution < -0.4 is 0 Å². The number of alkyl halides is 1. The number of aliphatic hydroxyl groups excluding tert-OH is 3. The zero-order valence-corrected chi connectivity index (χ0v) is 11.7. The summed E-state index contributed by atoms with van der Waals surface area (Å²) in [6, 6.07) is 0. The van der Waals surface area contributed by atoms with Crippen LogP contribution in [0.15, 0.2) is 0 Å². The molecule has 19 heavy (non-hydrogen) atoms. The zero-order valence-electron chi connectivity index (χ0n) is 10.8. The lowest BCUT2D eigenvalue weighted by Gasteiger charge is -2.40. The molecule has 0 spiro atoms. The Morgan fingerprint density at radius 2 is 1.74 bits per heavy atom. The molecule has 7 nitrogen and oxygen atoms in total. The van der Waals surface area contributed by atoms with E-state index in [2.05, 4.69) is 0 Å². The summed E-state index contributed by atoms with van der Waals surface area (Å²) in [7, 11) is -3.94. The molecule has 114 valence electrons. The van der Waals surface area contributed by atoms with E-state index in [0.717, 1.165) is 0 Å². The van der Waals surface area contributed by atoms with Crippen LogP contribution in [-0.4, -0.2) is 65.5 Å². The first-order valence-electron chi connectivity index (χ1n) is 6.06. The third-order valence-electron chi connectivity index (χ3n) is 2.75. The minimum absolute atomic E-state index is 0.00625. The van der Waals surface area contributed by atoms with E-state index >= 15 is 0 Å². The fourth-order valence-corrected chi connectivity index (χ4v) is 3.77. The van der Waals surface area contributed by atoms with Crippen molar-refractivity contribution in [3.05, 3.63) is 0 Å². The molecular formula is C10H20FO7P. The quantitative estimate of drug-likeness (QED) is 0.594. The Morgan fingerprint density at radius 3 is 2.16 bits per heavy atom. The van der Waals surface area contributed by atoms with Crippen LogP contribution in [-0.2, 0) is 18.3 Å². The van der Waals surface area contributed by atoms with Crippen molar-refractivity contribution in [2.75, 3.05) is 19.8 Å². The van der Waals surface area contributed by atoms with Crippen molar-refractivity contribution in [1.82, 2.24) is 0 Å². The average molecular weight is 302 g/mol. The first-order chi connectivity index (χ1) is 8.91. The Kier molecular flexibility index (Phi) is 6.32. The van der Waals surface area contributed by atoms with Crippen LogP contribution in [0, 0.1) is 0 Å². The van der Waals surface area contributed by atoms with Gasteiger partial charge in [0.15, 0.2) is 12.0 Å². The normalized spacial score (nSPS) is 36.4. The molecule has 0 radical (unpaired) electrons. The molecule has 9 heteroatoms. The maximum Gasteiger partial charge on any atom is 0.362 e. The predicted octanol–water partition coefficient (Wildman–Crippen LogP) is 0.0296. The van der Waals surface area contributed by atoms with Gasteiger partial charge in [0.2, 0.25) is 0 Å². The molecule has 1 heterocycles. The van der Waals surface area contributed by atoms with Gasteiger partial charge in [-0.05, 0) is 13.8 Å². The SMILES string of the molecule is CCOP(=O)(OCC)[C@H]1O[C@H](CO)[C@H](O)[C@H](O)[C@H]1F. The lowest BCUT2D eigenvalue weighted by molar-refractivity contribution is -0.195. The van der Waals surface area contributed by atoms with E-state index in [1.54, 1.807) is 13.8 Å². The fraction of sp³-hybridized carbons (Fsp3) is 1.00. The molecule has 0 aliphatic carbocycles. The standard InChI is InChI=1S/C10H20FO7P/c1-3-16-19(15,17-4-2)10-7(11)9(14)8(13)6(5-12)18-10/h6-10,12-14H,3-5H2,1-2H3/t6-,7-,8+,9-,10-/m1/s1. The van der Waals surface area contributed by atoms with Gasteiger partial charge in [0.1, 0.15) is 18.3 Å².